The minimum Gasteiger partial charge on any atom is -0.348 e. The van der Waals surface area contributed by atoms with Crippen molar-refractivity contribution in [3.05, 3.63) is 30.1 Å². The third kappa shape index (κ3) is 3.41. The van der Waals surface area contributed by atoms with Gasteiger partial charge in [-0.15, -0.1) is 0 Å². The Hall–Kier alpha value is -1.38. The molecule has 0 aliphatic heterocycles. The van der Waals surface area contributed by atoms with Gasteiger partial charge >= 0.3 is 0 Å². The van der Waals surface area contributed by atoms with Crippen LogP contribution in [-0.2, 0) is 0 Å². The van der Waals surface area contributed by atoms with Crippen LogP contribution in [0.3, 0.4) is 0 Å². The number of rotatable bonds is 3. The molecule has 1 aromatic heterocycles. The number of fused-ring (bicyclic) bond motifs is 5. The van der Waals surface area contributed by atoms with Crippen molar-refractivity contribution < 1.29 is 4.79 Å². The van der Waals surface area contributed by atoms with Crippen molar-refractivity contribution >= 4 is 5.91 Å². The average Bonchev–Trinajstić information content (AvgIpc) is 3.11. The van der Waals surface area contributed by atoms with Gasteiger partial charge in [-0.3, -0.25) is 9.78 Å². The van der Waals surface area contributed by atoms with Crippen LogP contribution in [0.25, 0.3) is 0 Å². The van der Waals surface area contributed by atoms with E-state index in [1.54, 1.807) is 6.20 Å². The Labute approximate surface area is 182 Å². The van der Waals surface area contributed by atoms with Crippen molar-refractivity contribution in [2.24, 2.45) is 46.8 Å². The number of hydrogen-bond acceptors (Lipinski definition) is 2. The average molecular weight is 409 g/mol. The fourth-order valence-corrected chi connectivity index (χ4v) is 8.83. The van der Waals surface area contributed by atoms with E-state index in [2.05, 4.69) is 31.1 Å². The molecule has 1 aromatic rings. The van der Waals surface area contributed by atoms with Crippen LogP contribution in [0.1, 0.15) is 89.0 Å². The van der Waals surface area contributed by atoms with E-state index in [0.717, 1.165) is 35.5 Å². The van der Waals surface area contributed by atoms with E-state index >= 15 is 0 Å². The number of aromatic nitrogens is 1. The second-order valence-electron chi connectivity index (χ2n) is 11.6. The molecule has 5 rings (SSSR count). The summed E-state index contributed by atoms with van der Waals surface area (Å²) in [5.74, 6) is 6.39. The molecule has 0 radical (unpaired) electrons. The van der Waals surface area contributed by atoms with E-state index in [9.17, 15) is 4.79 Å². The Bertz CT molecular complexity index is 763. The van der Waals surface area contributed by atoms with Gasteiger partial charge in [-0.2, -0.15) is 0 Å². The van der Waals surface area contributed by atoms with E-state index in [4.69, 9.17) is 0 Å². The maximum Gasteiger partial charge on any atom is 0.270 e. The highest BCUT2D eigenvalue weighted by Gasteiger charge is 2.57. The first-order valence-corrected chi connectivity index (χ1v) is 12.7. The molecule has 9 atom stereocenters. The Balaban J connectivity index is 1.29. The zero-order chi connectivity index (χ0) is 20.9. The van der Waals surface area contributed by atoms with Crippen molar-refractivity contribution in [2.45, 2.75) is 84.6 Å². The lowest BCUT2D eigenvalue weighted by atomic mass is 9.49. The molecule has 0 spiro atoms. The van der Waals surface area contributed by atoms with Crippen LogP contribution in [0.4, 0.5) is 0 Å². The first-order chi connectivity index (χ1) is 14.5. The Morgan fingerprint density at radius 1 is 1.07 bits per heavy atom. The number of carbonyl (C=O) groups is 1. The van der Waals surface area contributed by atoms with Gasteiger partial charge < -0.3 is 5.32 Å². The van der Waals surface area contributed by atoms with Crippen LogP contribution in [0.5, 0.6) is 0 Å². The first kappa shape index (κ1) is 20.5. The van der Waals surface area contributed by atoms with Gasteiger partial charge in [-0.05, 0) is 117 Å². The topological polar surface area (TPSA) is 42.0 Å². The molecule has 0 aromatic carbocycles. The lowest BCUT2D eigenvalue weighted by Crippen LogP contribution is -2.51. The highest BCUT2D eigenvalue weighted by atomic mass is 16.1. The molecule has 3 heteroatoms. The van der Waals surface area contributed by atoms with Gasteiger partial charge in [0.15, 0.2) is 0 Å². The Morgan fingerprint density at radius 2 is 1.90 bits per heavy atom. The highest BCUT2D eigenvalue weighted by Crippen LogP contribution is 2.64. The monoisotopic (exact) mass is 408 g/mol. The zero-order valence-corrected chi connectivity index (χ0v) is 19.1. The van der Waals surface area contributed by atoms with E-state index in [1.165, 1.54) is 57.8 Å². The van der Waals surface area contributed by atoms with Crippen molar-refractivity contribution in [1.29, 1.82) is 0 Å². The van der Waals surface area contributed by atoms with Gasteiger partial charge in [0, 0.05) is 12.2 Å². The largest absolute Gasteiger partial charge is 0.348 e. The second kappa shape index (κ2) is 7.95. The van der Waals surface area contributed by atoms with Crippen LogP contribution < -0.4 is 5.32 Å². The van der Waals surface area contributed by atoms with E-state index in [-0.39, 0.29) is 11.9 Å². The summed E-state index contributed by atoms with van der Waals surface area (Å²) in [7, 11) is 0. The number of nitrogens with zero attached hydrogens (tertiary/aromatic N) is 1. The molecular weight excluding hydrogens is 368 g/mol. The summed E-state index contributed by atoms with van der Waals surface area (Å²) < 4.78 is 0. The van der Waals surface area contributed by atoms with Gasteiger partial charge in [0.1, 0.15) is 5.69 Å². The fourth-order valence-electron chi connectivity index (χ4n) is 8.83. The van der Waals surface area contributed by atoms with Crippen LogP contribution in [0.15, 0.2) is 24.4 Å². The minimum atomic E-state index is -0.0133. The zero-order valence-electron chi connectivity index (χ0n) is 19.1. The molecule has 4 fully saturated rings. The molecular formula is C27H40N2O. The summed E-state index contributed by atoms with van der Waals surface area (Å²) in [6.45, 7) is 7.29. The molecule has 4 saturated carbocycles. The van der Waals surface area contributed by atoms with Crippen molar-refractivity contribution in [3.8, 4) is 0 Å². The number of nitrogens with one attached hydrogen (secondary N) is 1. The first-order valence-electron chi connectivity index (χ1n) is 12.7. The standard InChI is InChI=1S/C27H40N2O/c1-17-7-9-20-19(16-17)8-10-22-21(20)13-14-27(3)23(11-12-24(22)27)18(2)29-26(30)25-6-4-5-15-28-25/h4-6,15,17-24H,7-14,16H2,1-3H3,(H,29,30)/t17-,18-,19+,20-,21?,22+,23?,24?,27+/m0/s1. The number of pyridine rings is 1. The van der Waals surface area contributed by atoms with Crippen LogP contribution in [0, 0.1) is 46.8 Å². The molecule has 30 heavy (non-hydrogen) atoms. The SMILES string of the molecule is C[C@H]1CC[C@@H]2C3CC[C@@]4(C)C(CCC4[C@H](C)NC(=O)c4ccccn4)[C@@H]3CC[C@@H]2C1. The molecule has 1 amide bonds. The summed E-state index contributed by atoms with van der Waals surface area (Å²) in [4.78, 5) is 17.0. The number of amides is 1. The molecule has 0 bridgehead atoms. The van der Waals surface area contributed by atoms with Crippen molar-refractivity contribution in [2.75, 3.05) is 0 Å². The van der Waals surface area contributed by atoms with Gasteiger partial charge in [0.2, 0.25) is 0 Å². The third-order valence-electron chi connectivity index (χ3n) is 10.1. The Morgan fingerprint density at radius 3 is 2.70 bits per heavy atom. The fraction of sp³-hybridized carbons (Fsp3) is 0.778. The lowest BCUT2D eigenvalue weighted by Gasteiger charge is -2.56. The van der Waals surface area contributed by atoms with Crippen LogP contribution in [-0.4, -0.2) is 16.9 Å². The molecule has 1 heterocycles. The minimum absolute atomic E-state index is 0.0133. The van der Waals surface area contributed by atoms with Gasteiger partial charge in [0.25, 0.3) is 5.91 Å². The number of hydrogen-bond donors (Lipinski definition) is 1. The molecule has 4 aliphatic carbocycles. The summed E-state index contributed by atoms with van der Waals surface area (Å²) >= 11 is 0. The van der Waals surface area contributed by atoms with E-state index < -0.39 is 0 Å². The smallest absolute Gasteiger partial charge is 0.270 e. The van der Waals surface area contributed by atoms with Crippen LogP contribution >= 0.6 is 0 Å². The summed E-state index contributed by atoms with van der Waals surface area (Å²) in [6.07, 6.45) is 14.6. The van der Waals surface area contributed by atoms with Crippen LogP contribution in [0.2, 0.25) is 0 Å². The summed E-state index contributed by atoms with van der Waals surface area (Å²) in [5, 5.41) is 3.32. The maximum absolute atomic E-state index is 12.7. The van der Waals surface area contributed by atoms with Gasteiger partial charge in [-0.25, -0.2) is 0 Å². The van der Waals surface area contributed by atoms with Crippen molar-refractivity contribution in [1.82, 2.24) is 10.3 Å². The third-order valence-corrected chi connectivity index (χ3v) is 10.1. The van der Waals surface area contributed by atoms with E-state index in [1.807, 2.05) is 18.2 Å². The maximum atomic E-state index is 12.7. The highest BCUT2D eigenvalue weighted by molar-refractivity contribution is 5.92. The molecule has 3 nitrogen and oxygen atoms in total. The van der Waals surface area contributed by atoms with Gasteiger partial charge in [-0.1, -0.05) is 26.3 Å². The quantitative estimate of drug-likeness (QED) is 0.656. The molecule has 3 unspecified atom stereocenters. The summed E-state index contributed by atoms with van der Waals surface area (Å²) in [5.41, 5.74) is 0.935. The van der Waals surface area contributed by atoms with E-state index in [0.29, 0.717) is 17.0 Å². The molecule has 164 valence electrons. The van der Waals surface area contributed by atoms with Crippen molar-refractivity contribution in [3.63, 3.8) is 0 Å². The predicted octanol–water partition coefficient (Wildman–Crippen LogP) is 6.10. The second-order valence-corrected chi connectivity index (χ2v) is 11.6. The normalized spacial score (nSPS) is 43.8. The Kier molecular flexibility index (Phi) is 5.44. The predicted molar refractivity (Wildman–Crippen MR) is 121 cm³/mol. The molecule has 1 N–H and O–H groups in total. The molecule has 4 aliphatic rings. The molecule has 0 saturated heterocycles. The van der Waals surface area contributed by atoms with Gasteiger partial charge in [0.05, 0.1) is 0 Å². The lowest BCUT2D eigenvalue weighted by molar-refractivity contribution is -0.0698. The summed E-state index contributed by atoms with van der Waals surface area (Å²) in [6, 6.07) is 5.79. The number of carbonyl (C=O) groups excluding carboxylic acids is 1.